The first kappa shape index (κ1) is 51.0. The molecule has 0 aromatic heterocycles. The van der Waals surface area contributed by atoms with Crippen LogP contribution in [0.4, 0.5) is 0 Å². The third kappa shape index (κ3) is 38.1. The second-order valence-electron chi connectivity index (χ2n) is 15.2. The molecule has 5 heteroatoms. The van der Waals surface area contributed by atoms with Crippen LogP contribution < -0.4 is 5.32 Å². The fourth-order valence-electron chi connectivity index (χ4n) is 6.55. The van der Waals surface area contributed by atoms with Crippen molar-refractivity contribution in [2.24, 2.45) is 0 Å². The van der Waals surface area contributed by atoms with Crippen LogP contribution in [0.1, 0.15) is 213 Å². The number of allylic oxidation sites excluding steroid dienone is 9. The van der Waals surface area contributed by atoms with Gasteiger partial charge < -0.3 is 20.6 Å². The lowest BCUT2D eigenvalue weighted by Gasteiger charge is -2.21. The SMILES string of the molecule is CC/C=C\C/C=C\CCCCCCCCCCCCCCCC(O)C(=O)NC(CO)C(O)/C=C/CC/C=C/CC/C=C/CCCCCCCCCCC. The molecule has 0 aromatic carbocycles. The van der Waals surface area contributed by atoms with Crippen molar-refractivity contribution >= 4 is 5.91 Å². The van der Waals surface area contributed by atoms with Crippen molar-refractivity contribution < 1.29 is 20.1 Å². The van der Waals surface area contributed by atoms with Crippen LogP contribution in [0.15, 0.2) is 60.8 Å². The van der Waals surface area contributed by atoms with Gasteiger partial charge in [-0.3, -0.25) is 4.79 Å². The largest absolute Gasteiger partial charge is 0.394 e. The maximum absolute atomic E-state index is 12.5. The minimum Gasteiger partial charge on any atom is -0.394 e. The molecule has 1 amide bonds. The van der Waals surface area contributed by atoms with Crippen LogP contribution in [0.3, 0.4) is 0 Å². The van der Waals surface area contributed by atoms with Crippen molar-refractivity contribution in [2.45, 2.75) is 231 Å². The zero-order valence-corrected chi connectivity index (χ0v) is 34.9. The van der Waals surface area contributed by atoms with Gasteiger partial charge in [-0.25, -0.2) is 0 Å². The maximum atomic E-state index is 12.5. The Kier molecular flexibility index (Phi) is 41.2. The highest BCUT2D eigenvalue weighted by molar-refractivity contribution is 5.80. The lowest BCUT2D eigenvalue weighted by atomic mass is 10.0. The average molecular weight is 742 g/mol. The van der Waals surface area contributed by atoms with Gasteiger partial charge >= 0.3 is 0 Å². The molecule has 4 N–H and O–H groups in total. The number of hydrogen-bond acceptors (Lipinski definition) is 4. The molecule has 3 atom stereocenters. The van der Waals surface area contributed by atoms with Crippen LogP contribution in [0.2, 0.25) is 0 Å². The summed E-state index contributed by atoms with van der Waals surface area (Å²) in [5, 5.41) is 33.1. The predicted octanol–water partition coefficient (Wildman–Crippen LogP) is 13.1. The number of rotatable bonds is 40. The Morgan fingerprint density at radius 3 is 1.36 bits per heavy atom. The van der Waals surface area contributed by atoms with E-state index in [2.05, 4.69) is 67.8 Å². The van der Waals surface area contributed by atoms with Gasteiger partial charge in [0.05, 0.1) is 18.8 Å². The summed E-state index contributed by atoms with van der Waals surface area (Å²) in [4.78, 5) is 12.5. The zero-order chi connectivity index (χ0) is 38.7. The van der Waals surface area contributed by atoms with Crippen molar-refractivity contribution in [2.75, 3.05) is 6.61 Å². The van der Waals surface area contributed by atoms with Crippen LogP contribution >= 0.6 is 0 Å². The molecule has 53 heavy (non-hydrogen) atoms. The summed E-state index contributed by atoms with van der Waals surface area (Å²) < 4.78 is 0. The highest BCUT2D eigenvalue weighted by atomic mass is 16.3. The van der Waals surface area contributed by atoms with Crippen molar-refractivity contribution in [1.82, 2.24) is 5.32 Å². The predicted molar refractivity (Wildman–Crippen MR) is 231 cm³/mol. The Morgan fingerprint density at radius 2 is 0.887 bits per heavy atom. The van der Waals surface area contributed by atoms with E-state index in [0.29, 0.717) is 6.42 Å². The molecule has 0 aliphatic rings. The summed E-state index contributed by atoms with van der Waals surface area (Å²) >= 11 is 0. The molecule has 0 aromatic rings. The van der Waals surface area contributed by atoms with E-state index in [1.807, 2.05) is 6.08 Å². The number of aliphatic hydroxyl groups is 3. The van der Waals surface area contributed by atoms with Gasteiger partial charge in [0.1, 0.15) is 6.10 Å². The summed E-state index contributed by atoms with van der Waals surface area (Å²) in [6, 6.07) is -0.823. The molecule has 0 spiro atoms. The summed E-state index contributed by atoms with van der Waals surface area (Å²) in [5.41, 5.74) is 0. The van der Waals surface area contributed by atoms with Crippen molar-refractivity contribution in [3.8, 4) is 0 Å². The lowest BCUT2D eigenvalue weighted by molar-refractivity contribution is -0.131. The van der Waals surface area contributed by atoms with Crippen LogP contribution in [0.5, 0.6) is 0 Å². The normalized spacial score (nSPS) is 14.1. The van der Waals surface area contributed by atoms with Gasteiger partial charge in [0.2, 0.25) is 5.91 Å². The molecule has 0 saturated carbocycles. The number of hydrogen-bond donors (Lipinski definition) is 4. The van der Waals surface area contributed by atoms with E-state index in [4.69, 9.17) is 0 Å². The standard InChI is InChI=1S/C48H87NO4/c1-3-5-7-9-11-13-15-17-19-21-23-25-27-29-31-33-35-37-39-41-43-47(52)48(53)49-45(44-50)46(51)42-40-38-36-34-32-30-28-26-24-22-20-18-16-14-12-10-8-6-4-2/h5,7,11,13,24,26,32,34,40,42,45-47,50-52H,3-4,6,8-10,12,14-23,25,27-31,33,35-39,41,43-44H2,1-2H3,(H,49,53)/b7-5-,13-11-,26-24+,34-32+,42-40+. The summed E-state index contributed by atoms with van der Waals surface area (Å²) in [5.74, 6) is -0.519. The van der Waals surface area contributed by atoms with Crippen LogP contribution in [0.25, 0.3) is 0 Å². The Bertz CT molecular complexity index is 907. The lowest BCUT2D eigenvalue weighted by Crippen LogP contribution is -2.48. The smallest absolute Gasteiger partial charge is 0.249 e. The van der Waals surface area contributed by atoms with Gasteiger partial charge in [-0.1, -0.05) is 203 Å². The molecule has 308 valence electrons. The molecule has 0 aliphatic heterocycles. The molecule has 0 aliphatic carbocycles. The fourth-order valence-corrected chi connectivity index (χ4v) is 6.55. The topological polar surface area (TPSA) is 89.8 Å². The summed E-state index contributed by atoms with van der Waals surface area (Å²) in [7, 11) is 0. The highest BCUT2D eigenvalue weighted by Gasteiger charge is 2.22. The Morgan fingerprint density at radius 1 is 0.491 bits per heavy atom. The van der Waals surface area contributed by atoms with Gasteiger partial charge in [0.15, 0.2) is 0 Å². The third-order valence-corrected chi connectivity index (χ3v) is 10.1. The molecular formula is C48H87NO4. The van der Waals surface area contributed by atoms with Gasteiger partial charge in [-0.2, -0.15) is 0 Å². The second-order valence-corrected chi connectivity index (χ2v) is 15.2. The molecular weight excluding hydrogens is 655 g/mol. The van der Waals surface area contributed by atoms with Crippen molar-refractivity contribution in [3.05, 3.63) is 60.8 Å². The van der Waals surface area contributed by atoms with Gasteiger partial charge in [-0.05, 0) is 70.6 Å². The monoisotopic (exact) mass is 742 g/mol. The zero-order valence-electron chi connectivity index (χ0n) is 34.9. The highest BCUT2D eigenvalue weighted by Crippen LogP contribution is 2.15. The summed E-state index contributed by atoms with van der Waals surface area (Å²) in [6.45, 7) is 4.06. The number of aliphatic hydroxyl groups excluding tert-OH is 3. The van der Waals surface area contributed by atoms with Gasteiger partial charge in [0.25, 0.3) is 0 Å². The summed E-state index contributed by atoms with van der Waals surface area (Å²) in [6.07, 6.45) is 56.8. The molecule has 0 bridgehead atoms. The number of carbonyl (C=O) groups is 1. The van der Waals surface area contributed by atoms with E-state index < -0.39 is 24.2 Å². The Hall–Kier alpha value is -1.95. The molecule has 0 radical (unpaired) electrons. The number of carbonyl (C=O) groups excluding carboxylic acids is 1. The van der Waals surface area contributed by atoms with Gasteiger partial charge in [0, 0.05) is 0 Å². The molecule has 3 unspecified atom stereocenters. The molecule has 0 saturated heterocycles. The average Bonchev–Trinajstić information content (AvgIpc) is 3.16. The Balaban J connectivity index is 3.73. The van der Waals surface area contributed by atoms with Crippen molar-refractivity contribution in [3.63, 3.8) is 0 Å². The quantitative estimate of drug-likeness (QED) is 0.0372. The molecule has 0 fully saturated rings. The van der Waals surface area contributed by atoms with Gasteiger partial charge in [-0.15, -0.1) is 0 Å². The van der Waals surface area contributed by atoms with Crippen LogP contribution in [0, 0.1) is 0 Å². The first-order valence-electron chi connectivity index (χ1n) is 22.6. The second kappa shape index (κ2) is 42.8. The van der Waals surface area contributed by atoms with E-state index >= 15 is 0 Å². The molecule has 0 heterocycles. The van der Waals surface area contributed by atoms with E-state index in [0.717, 1.165) is 57.8 Å². The minimum atomic E-state index is -1.11. The maximum Gasteiger partial charge on any atom is 0.249 e. The Labute approximate surface area is 329 Å². The fraction of sp³-hybridized carbons (Fsp3) is 0.771. The van der Waals surface area contributed by atoms with E-state index in [1.165, 1.54) is 135 Å². The third-order valence-electron chi connectivity index (χ3n) is 10.1. The first-order chi connectivity index (χ1) is 26.1. The van der Waals surface area contributed by atoms with E-state index in [-0.39, 0.29) is 6.61 Å². The number of amides is 1. The number of nitrogens with one attached hydrogen (secondary N) is 1. The van der Waals surface area contributed by atoms with E-state index in [9.17, 15) is 20.1 Å². The first-order valence-corrected chi connectivity index (χ1v) is 22.6. The van der Waals surface area contributed by atoms with Crippen LogP contribution in [-0.2, 0) is 4.79 Å². The van der Waals surface area contributed by atoms with E-state index in [1.54, 1.807) is 6.08 Å². The number of unbranched alkanes of at least 4 members (excludes halogenated alkanes) is 24. The molecule has 0 rings (SSSR count). The molecule has 5 nitrogen and oxygen atoms in total. The van der Waals surface area contributed by atoms with Crippen molar-refractivity contribution in [1.29, 1.82) is 0 Å². The van der Waals surface area contributed by atoms with Crippen LogP contribution in [-0.4, -0.2) is 46.1 Å². The minimum absolute atomic E-state index is 0.383.